The van der Waals surface area contributed by atoms with Crippen LogP contribution in [0.4, 0.5) is 5.82 Å². The molecule has 3 aromatic rings. The summed E-state index contributed by atoms with van der Waals surface area (Å²) < 4.78 is 1.46. The summed E-state index contributed by atoms with van der Waals surface area (Å²) in [6.07, 6.45) is 4.51. The van der Waals surface area contributed by atoms with E-state index in [2.05, 4.69) is 30.6 Å². The second-order valence-corrected chi connectivity index (χ2v) is 4.24. The van der Waals surface area contributed by atoms with E-state index < -0.39 is 0 Å². The third-order valence-corrected chi connectivity index (χ3v) is 2.78. The van der Waals surface area contributed by atoms with E-state index in [9.17, 15) is 4.79 Å². The highest BCUT2D eigenvalue weighted by atomic mass is 16.2. The Morgan fingerprint density at radius 2 is 2.14 bits per heavy atom. The van der Waals surface area contributed by atoms with Gasteiger partial charge < -0.3 is 5.32 Å². The van der Waals surface area contributed by atoms with Gasteiger partial charge in [0.15, 0.2) is 11.5 Å². The topological polar surface area (TPSA) is 98.5 Å². The molecule has 3 aromatic heterocycles. The summed E-state index contributed by atoms with van der Waals surface area (Å²) in [4.78, 5) is 20.0. The summed E-state index contributed by atoms with van der Waals surface area (Å²) in [5.41, 5.74) is 1.07. The Labute approximate surface area is 119 Å². The average molecular weight is 281 g/mol. The molecule has 3 rings (SSSR count). The summed E-state index contributed by atoms with van der Waals surface area (Å²) in [6, 6.07) is 6.87. The molecule has 104 valence electrons. The van der Waals surface area contributed by atoms with Gasteiger partial charge in [-0.1, -0.05) is 6.07 Å². The number of carbonyl (C=O) groups is 1. The number of hydrogen-bond donors (Lipinski definition) is 1. The van der Waals surface area contributed by atoms with Crippen molar-refractivity contribution in [2.45, 2.75) is 6.92 Å². The van der Waals surface area contributed by atoms with E-state index in [1.165, 1.54) is 17.3 Å². The van der Waals surface area contributed by atoms with Gasteiger partial charge in [0.2, 0.25) is 0 Å². The van der Waals surface area contributed by atoms with Gasteiger partial charge in [-0.05, 0) is 30.7 Å². The molecule has 0 aliphatic rings. The normalized spacial score (nSPS) is 10.3. The SMILES string of the molecule is Cc1cccnc1NC(=O)c1ccc(-n2cncn2)nn1. The van der Waals surface area contributed by atoms with Crippen LogP contribution in [0.1, 0.15) is 16.1 Å². The number of amides is 1. The smallest absolute Gasteiger partial charge is 0.277 e. The molecular formula is C13H11N7O. The van der Waals surface area contributed by atoms with Gasteiger partial charge >= 0.3 is 0 Å². The van der Waals surface area contributed by atoms with Crippen LogP contribution in [-0.2, 0) is 0 Å². The van der Waals surface area contributed by atoms with Crippen molar-refractivity contribution < 1.29 is 4.79 Å². The van der Waals surface area contributed by atoms with E-state index in [4.69, 9.17) is 0 Å². The lowest BCUT2D eigenvalue weighted by molar-refractivity contribution is 0.102. The monoisotopic (exact) mass is 281 g/mol. The van der Waals surface area contributed by atoms with Crippen molar-refractivity contribution in [3.8, 4) is 5.82 Å². The first kappa shape index (κ1) is 12.9. The fourth-order valence-corrected chi connectivity index (χ4v) is 1.68. The molecule has 3 heterocycles. The maximum absolute atomic E-state index is 12.1. The number of anilines is 1. The van der Waals surface area contributed by atoms with Gasteiger partial charge in [-0.15, -0.1) is 10.2 Å². The van der Waals surface area contributed by atoms with Crippen LogP contribution in [0.15, 0.2) is 43.1 Å². The van der Waals surface area contributed by atoms with Crippen molar-refractivity contribution in [3.63, 3.8) is 0 Å². The Hall–Kier alpha value is -3.16. The predicted molar refractivity (Wildman–Crippen MR) is 73.9 cm³/mol. The lowest BCUT2D eigenvalue weighted by Crippen LogP contribution is -2.16. The number of nitrogens with one attached hydrogen (secondary N) is 1. The number of pyridine rings is 1. The minimum atomic E-state index is -0.366. The third kappa shape index (κ3) is 2.73. The summed E-state index contributed by atoms with van der Waals surface area (Å²) in [5, 5.41) is 14.4. The van der Waals surface area contributed by atoms with Crippen LogP contribution in [0, 0.1) is 6.92 Å². The molecule has 0 aromatic carbocycles. The van der Waals surface area contributed by atoms with Crippen molar-refractivity contribution in [1.82, 2.24) is 29.9 Å². The van der Waals surface area contributed by atoms with Gasteiger partial charge in [-0.25, -0.2) is 14.6 Å². The highest BCUT2D eigenvalue weighted by Gasteiger charge is 2.11. The standard InChI is InChI=1S/C13H11N7O/c1-9-3-2-6-15-12(9)17-13(21)10-4-5-11(19-18-10)20-8-14-7-16-20/h2-8H,1H3,(H,15,17,21). The van der Waals surface area contributed by atoms with Crippen LogP contribution in [0.3, 0.4) is 0 Å². The molecule has 0 unspecified atom stereocenters. The molecule has 8 heteroatoms. The van der Waals surface area contributed by atoms with Gasteiger partial charge in [0, 0.05) is 6.20 Å². The van der Waals surface area contributed by atoms with Gasteiger partial charge in [-0.2, -0.15) is 5.10 Å². The second kappa shape index (κ2) is 5.45. The molecule has 0 aliphatic carbocycles. The number of aryl methyl sites for hydroxylation is 1. The minimum Gasteiger partial charge on any atom is -0.305 e. The van der Waals surface area contributed by atoms with E-state index in [-0.39, 0.29) is 11.6 Å². The molecule has 0 saturated heterocycles. The molecular weight excluding hydrogens is 270 g/mol. The highest BCUT2D eigenvalue weighted by molar-refractivity contribution is 6.02. The van der Waals surface area contributed by atoms with E-state index >= 15 is 0 Å². The minimum absolute atomic E-state index is 0.198. The van der Waals surface area contributed by atoms with Gasteiger partial charge in [0.1, 0.15) is 18.5 Å². The first-order valence-electron chi connectivity index (χ1n) is 6.16. The maximum Gasteiger partial charge on any atom is 0.277 e. The molecule has 0 atom stereocenters. The van der Waals surface area contributed by atoms with Crippen LogP contribution >= 0.6 is 0 Å². The van der Waals surface area contributed by atoms with E-state index in [0.29, 0.717) is 11.6 Å². The van der Waals surface area contributed by atoms with E-state index in [1.54, 1.807) is 24.4 Å². The zero-order valence-electron chi connectivity index (χ0n) is 11.1. The zero-order valence-corrected chi connectivity index (χ0v) is 11.1. The number of nitrogens with zero attached hydrogens (tertiary/aromatic N) is 6. The molecule has 0 fully saturated rings. The molecule has 1 N–H and O–H groups in total. The molecule has 0 aliphatic heterocycles. The van der Waals surface area contributed by atoms with Gasteiger partial charge in [-0.3, -0.25) is 4.79 Å². The summed E-state index contributed by atoms with van der Waals surface area (Å²) >= 11 is 0. The second-order valence-electron chi connectivity index (χ2n) is 4.24. The highest BCUT2D eigenvalue weighted by Crippen LogP contribution is 2.10. The summed E-state index contributed by atoms with van der Waals surface area (Å²) in [7, 11) is 0. The fraction of sp³-hybridized carbons (Fsp3) is 0.0769. The van der Waals surface area contributed by atoms with Crippen LogP contribution in [0.5, 0.6) is 0 Å². The van der Waals surface area contributed by atoms with Crippen molar-refractivity contribution in [2.24, 2.45) is 0 Å². The quantitative estimate of drug-likeness (QED) is 0.769. The Balaban J connectivity index is 1.78. The summed E-state index contributed by atoms with van der Waals surface area (Å²) in [6.45, 7) is 1.86. The van der Waals surface area contributed by atoms with Gasteiger partial charge in [0.25, 0.3) is 5.91 Å². The number of aromatic nitrogens is 6. The molecule has 0 bridgehead atoms. The first-order valence-corrected chi connectivity index (χ1v) is 6.16. The van der Waals surface area contributed by atoms with Crippen LogP contribution in [0.2, 0.25) is 0 Å². The molecule has 0 saturated carbocycles. The summed E-state index contributed by atoms with van der Waals surface area (Å²) in [5.74, 6) is 0.622. The third-order valence-electron chi connectivity index (χ3n) is 2.78. The molecule has 0 radical (unpaired) electrons. The fourth-order valence-electron chi connectivity index (χ4n) is 1.68. The maximum atomic E-state index is 12.1. The Bertz CT molecular complexity index is 752. The molecule has 0 spiro atoms. The van der Waals surface area contributed by atoms with E-state index in [1.807, 2.05) is 13.0 Å². The lowest BCUT2D eigenvalue weighted by atomic mass is 10.3. The lowest BCUT2D eigenvalue weighted by Gasteiger charge is -2.06. The van der Waals surface area contributed by atoms with Crippen molar-refractivity contribution in [1.29, 1.82) is 0 Å². The molecule has 1 amide bonds. The zero-order chi connectivity index (χ0) is 14.7. The largest absolute Gasteiger partial charge is 0.305 e. The number of rotatable bonds is 3. The Morgan fingerprint density at radius 3 is 2.81 bits per heavy atom. The van der Waals surface area contributed by atoms with E-state index in [0.717, 1.165) is 5.56 Å². The Kier molecular flexibility index (Phi) is 3.34. The van der Waals surface area contributed by atoms with Gasteiger partial charge in [0.05, 0.1) is 0 Å². The van der Waals surface area contributed by atoms with Crippen molar-refractivity contribution >= 4 is 11.7 Å². The molecule has 21 heavy (non-hydrogen) atoms. The van der Waals surface area contributed by atoms with Crippen molar-refractivity contribution in [3.05, 3.63) is 54.4 Å². The van der Waals surface area contributed by atoms with Crippen LogP contribution in [-0.4, -0.2) is 35.9 Å². The van der Waals surface area contributed by atoms with Crippen molar-refractivity contribution in [2.75, 3.05) is 5.32 Å². The van der Waals surface area contributed by atoms with Crippen LogP contribution < -0.4 is 5.32 Å². The molecule has 8 nitrogen and oxygen atoms in total. The predicted octanol–water partition coefficient (Wildman–Crippen LogP) is 1.01. The first-order chi connectivity index (χ1) is 10.2. The number of carbonyl (C=O) groups excluding carboxylic acids is 1. The average Bonchev–Trinajstić information content (AvgIpc) is 3.04. The Morgan fingerprint density at radius 1 is 1.24 bits per heavy atom. The number of hydrogen-bond acceptors (Lipinski definition) is 6. The van der Waals surface area contributed by atoms with Crippen LogP contribution in [0.25, 0.3) is 5.82 Å².